The van der Waals surface area contributed by atoms with Crippen LogP contribution in [0.1, 0.15) is 56.9 Å². The zero-order valence-electron chi connectivity index (χ0n) is 12.1. The molecule has 4 heteroatoms. The van der Waals surface area contributed by atoms with Crippen molar-refractivity contribution in [3.05, 3.63) is 18.0 Å². The van der Waals surface area contributed by atoms with E-state index in [1.54, 1.807) is 0 Å². The van der Waals surface area contributed by atoms with Gasteiger partial charge < -0.3 is 0 Å². The van der Waals surface area contributed by atoms with E-state index in [9.17, 15) is 0 Å². The molecule has 0 radical (unpaired) electrons. The normalized spacial score (nSPS) is 19.3. The summed E-state index contributed by atoms with van der Waals surface area (Å²) < 4.78 is 1.87. The lowest BCUT2D eigenvalue weighted by Crippen LogP contribution is -2.37. The summed E-state index contributed by atoms with van der Waals surface area (Å²) in [5.74, 6) is 6.60. The molecule has 0 aliphatic heterocycles. The number of hydrogen-bond acceptors (Lipinski definition) is 3. The highest BCUT2D eigenvalue weighted by Crippen LogP contribution is 2.27. The Labute approximate surface area is 116 Å². The first-order valence-electron chi connectivity index (χ1n) is 7.71. The Bertz CT molecular complexity index is 353. The largest absolute Gasteiger partial charge is 0.276 e. The number of aryl methyl sites for hydroxylation is 2. The topological polar surface area (TPSA) is 55.9 Å². The number of rotatable bonds is 6. The SMILES string of the molecule is Cn1cc(CCC(CC2CCCCCC2)NN)cn1. The molecular formula is C15H28N4. The average molecular weight is 264 g/mol. The van der Waals surface area contributed by atoms with Crippen molar-refractivity contribution in [3.8, 4) is 0 Å². The summed E-state index contributed by atoms with van der Waals surface area (Å²) in [6.45, 7) is 0. The van der Waals surface area contributed by atoms with Crippen LogP contribution in [-0.4, -0.2) is 15.8 Å². The number of aromatic nitrogens is 2. The van der Waals surface area contributed by atoms with Crippen LogP contribution in [0.5, 0.6) is 0 Å². The van der Waals surface area contributed by atoms with Crippen molar-refractivity contribution in [1.82, 2.24) is 15.2 Å². The molecule has 108 valence electrons. The molecule has 1 fully saturated rings. The Morgan fingerprint density at radius 2 is 2.11 bits per heavy atom. The second-order valence-corrected chi connectivity index (χ2v) is 6.02. The highest BCUT2D eigenvalue weighted by atomic mass is 15.2. The minimum atomic E-state index is 0.448. The van der Waals surface area contributed by atoms with Gasteiger partial charge in [-0.3, -0.25) is 16.0 Å². The molecule has 1 unspecified atom stereocenters. The monoisotopic (exact) mass is 264 g/mol. The van der Waals surface area contributed by atoms with E-state index in [2.05, 4.69) is 16.7 Å². The number of hydrogen-bond donors (Lipinski definition) is 2. The minimum Gasteiger partial charge on any atom is -0.276 e. The van der Waals surface area contributed by atoms with Gasteiger partial charge in [0.25, 0.3) is 0 Å². The van der Waals surface area contributed by atoms with Crippen molar-refractivity contribution in [2.24, 2.45) is 18.8 Å². The molecule has 0 spiro atoms. The molecule has 4 nitrogen and oxygen atoms in total. The van der Waals surface area contributed by atoms with E-state index in [0.29, 0.717) is 6.04 Å². The Morgan fingerprint density at radius 1 is 1.37 bits per heavy atom. The predicted molar refractivity (Wildman–Crippen MR) is 78.4 cm³/mol. The number of nitrogens with two attached hydrogens (primary N) is 1. The van der Waals surface area contributed by atoms with Crippen molar-refractivity contribution in [3.63, 3.8) is 0 Å². The molecule has 0 bridgehead atoms. The van der Waals surface area contributed by atoms with E-state index < -0.39 is 0 Å². The summed E-state index contributed by atoms with van der Waals surface area (Å²) in [5, 5.41) is 4.21. The first-order valence-corrected chi connectivity index (χ1v) is 7.71. The van der Waals surface area contributed by atoms with Crippen molar-refractivity contribution in [1.29, 1.82) is 0 Å². The van der Waals surface area contributed by atoms with Gasteiger partial charge in [-0.2, -0.15) is 5.10 Å². The fourth-order valence-electron chi connectivity index (χ4n) is 3.21. The predicted octanol–water partition coefficient (Wildman–Crippen LogP) is 2.55. The van der Waals surface area contributed by atoms with Crippen LogP contribution in [-0.2, 0) is 13.5 Å². The third kappa shape index (κ3) is 4.96. The maximum Gasteiger partial charge on any atom is 0.0521 e. The Kier molecular flexibility index (Phi) is 5.86. The maximum atomic E-state index is 5.73. The van der Waals surface area contributed by atoms with Crippen molar-refractivity contribution in [2.45, 2.75) is 63.8 Å². The third-order valence-electron chi connectivity index (χ3n) is 4.37. The van der Waals surface area contributed by atoms with Gasteiger partial charge >= 0.3 is 0 Å². The first kappa shape index (κ1) is 14.5. The van der Waals surface area contributed by atoms with Gasteiger partial charge in [-0.25, -0.2) is 0 Å². The van der Waals surface area contributed by atoms with Gasteiger partial charge in [0.2, 0.25) is 0 Å². The highest BCUT2D eigenvalue weighted by Gasteiger charge is 2.17. The number of hydrazine groups is 1. The van der Waals surface area contributed by atoms with Gasteiger partial charge in [0.1, 0.15) is 0 Å². The summed E-state index contributed by atoms with van der Waals surface area (Å²) >= 11 is 0. The van der Waals surface area contributed by atoms with E-state index >= 15 is 0 Å². The molecule has 0 amide bonds. The quantitative estimate of drug-likeness (QED) is 0.471. The second-order valence-electron chi connectivity index (χ2n) is 6.02. The first-order chi connectivity index (χ1) is 9.28. The second kappa shape index (κ2) is 7.65. The maximum absolute atomic E-state index is 5.73. The van der Waals surface area contributed by atoms with Gasteiger partial charge in [-0.1, -0.05) is 38.5 Å². The van der Waals surface area contributed by atoms with E-state index in [1.807, 2.05) is 17.9 Å². The van der Waals surface area contributed by atoms with Crippen LogP contribution >= 0.6 is 0 Å². The van der Waals surface area contributed by atoms with Crippen LogP contribution in [0.2, 0.25) is 0 Å². The summed E-state index contributed by atoms with van der Waals surface area (Å²) in [6.07, 6.45) is 15.9. The van der Waals surface area contributed by atoms with Crippen LogP contribution in [0.4, 0.5) is 0 Å². The molecule has 1 aliphatic carbocycles. The van der Waals surface area contributed by atoms with E-state index in [0.717, 1.165) is 18.8 Å². The summed E-state index contributed by atoms with van der Waals surface area (Å²) in [7, 11) is 1.97. The van der Waals surface area contributed by atoms with Gasteiger partial charge in [-0.15, -0.1) is 0 Å². The standard InChI is InChI=1S/C15H28N4/c1-19-12-14(11-17-19)8-9-15(18-16)10-13-6-4-2-3-5-7-13/h11-13,15,18H,2-10,16H2,1H3. The molecule has 1 atom stereocenters. The van der Waals surface area contributed by atoms with Crippen molar-refractivity contribution >= 4 is 0 Å². The minimum absolute atomic E-state index is 0.448. The van der Waals surface area contributed by atoms with Crippen LogP contribution in [0, 0.1) is 5.92 Å². The molecule has 1 heterocycles. The molecule has 3 N–H and O–H groups in total. The van der Waals surface area contributed by atoms with Gasteiger partial charge in [0.05, 0.1) is 6.20 Å². The van der Waals surface area contributed by atoms with Crippen molar-refractivity contribution < 1.29 is 0 Å². The molecule has 1 aromatic rings. The van der Waals surface area contributed by atoms with Crippen LogP contribution in [0.15, 0.2) is 12.4 Å². The van der Waals surface area contributed by atoms with E-state index in [4.69, 9.17) is 5.84 Å². The van der Waals surface area contributed by atoms with Gasteiger partial charge in [-0.05, 0) is 30.7 Å². The van der Waals surface area contributed by atoms with E-state index in [-0.39, 0.29) is 0 Å². The fourth-order valence-corrected chi connectivity index (χ4v) is 3.21. The lowest BCUT2D eigenvalue weighted by Gasteiger charge is -2.21. The van der Waals surface area contributed by atoms with Gasteiger partial charge in [0, 0.05) is 19.3 Å². The molecule has 0 saturated heterocycles. The summed E-state index contributed by atoms with van der Waals surface area (Å²) in [6, 6.07) is 0.448. The third-order valence-corrected chi connectivity index (χ3v) is 4.37. The molecule has 2 rings (SSSR count). The summed E-state index contributed by atoms with van der Waals surface area (Å²) in [4.78, 5) is 0. The molecule has 19 heavy (non-hydrogen) atoms. The average Bonchev–Trinajstić information content (AvgIpc) is 2.67. The van der Waals surface area contributed by atoms with Gasteiger partial charge in [0.15, 0.2) is 0 Å². The lowest BCUT2D eigenvalue weighted by atomic mass is 9.90. The molecular weight excluding hydrogens is 236 g/mol. The molecule has 1 aliphatic rings. The van der Waals surface area contributed by atoms with Crippen LogP contribution < -0.4 is 11.3 Å². The van der Waals surface area contributed by atoms with Crippen LogP contribution in [0.25, 0.3) is 0 Å². The number of nitrogens with one attached hydrogen (secondary N) is 1. The Balaban J connectivity index is 1.75. The van der Waals surface area contributed by atoms with Crippen molar-refractivity contribution in [2.75, 3.05) is 0 Å². The smallest absolute Gasteiger partial charge is 0.0521 e. The molecule has 1 aromatic heterocycles. The highest BCUT2D eigenvalue weighted by molar-refractivity contribution is 5.03. The molecule has 1 saturated carbocycles. The zero-order chi connectivity index (χ0) is 13.5. The molecule has 0 aromatic carbocycles. The zero-order valence-corrected chi connectivity index (χ0v) is 12.1. The fraction of sp³-hybridized carbons (Fsp3) is 0.800. The Hall–Kier alpha value is -0.870. The number of nitrogens with zero attached hydrogens (tertiary/aromatic N) is 2. The summed E-state index contributed by atoms with van der Waals surface area (Å²) in [5.41, 5.74) is 4.33. The Morgan fingerprint density at radius 3 is 2.68 bits per heavy atom. The lowest BCUT2D eigenvalue weighted by molar-refractivity contribution is 0.342. The van der Waals surface area contributed by atoms with Crippen LogP contribution in [0.3, 0.4) is 0 Å². The van der Waals surface area contributed by atoms with E-state index in [1.165, 1.54) is 50.5 Å².